The Labute approximate surface area is 268 Å². The number of β-amino-alcohol motifs (C(OH)–C–C–N with tert-alkyl or cyclic N) is 1. The lowest BCUT2D eigenvalue weighted by Gasteiger charge is -2.42. The van der Waals surface area contributed by atoms with Gasteiger partial charge in [0.2, 0.25) is 0 Å². The highest BCUT2D eigenvalue weighted by Gasteiger charge is 2.40. The average Bonchev–Trinajstić information content (AvgIpc) is 3.61. The van der Waals surface area contributed by atoms with Crippen molar-refractivity contribution >= 4 is 11.8 Å². The summed E-state index contributed by atoms with van der Waals surface area (Å²) >= 11 is 0. The van der Waals surface area contributed by atoms with Crippen LogP contribution >= 0.6 is 0 Å². The second-order valence-corrected chi connectivity index (χ2v) is 12.6. The maximum Gasteiger partial charge on any atom is 0.261 e. The molecule has 3 aliphatic rings. The Morgan fingerprint density at radius 1 is 0.783 bits per heavy atom. The van der Waals surface area contributed by atoms with Gasteiger partial charge in [-0.1, -0.05) is 79.7 Å². The average molecular weight is 619 g/mol. The largest absolute Gasteiger partial charge is 0.392 e. The molecule has 0 radical (unpaired) electrons. The Balaban J connectivity index is 1.14. The Morgan fingerprint density at radius 2 is 1.48 bits per heavy atom. The Hall–Kier alpha value is -4.18. The minimum Gasteiger partial charge on any atom is -0.392 e. The highest BCUT2D eigenvalue weighted by molar-refractivity contribution is 6.21. The predicted octanol–water partition coefficient (Wildman–Crippen LogP) is 5.50. The van der Waals surface area contributed by atoms with Gasteiger partial charge in [-0.2, -0.15) is 0 Å². The summed E-state index contributed by atoms with van der Waals surface area (Å²) in [5.41, 5.74) is 6.44. The normalized spacial score (nSPS) is 24.8. The molecular formula is C38H38N2O6. The number of aliphatic hydroxyl groups excluding tert-OH is 2. The van der Waals surface area contributed by atoms with E-state index in [9.17, 15) is 19.8 Å². The topological polar surface area (TPSA) is 99.5 Å². The molecule has 236 valence electrons. The minimum atomic E-state index is -0.613. The molecule has 0 saturated carbocycles. The van der Waals surface area contributed by atoms with E-state index in [2.05, 4.69) is 17.9 Å². The van der Waals surface area contributed by atoms with Gasteiger partial charge in [0, 0.05) is 31.1 Å². The van der Waals surface area contributed by atoms with Gasteiger partial charge < -0.3 is 19.7 Å². The molecule has 5 atom stereocenters. The molecule has 0 unspecified atom stereocenters. The summed E-state index contributed by atoms with van der Waals surface area (Å²) in [6, 6.07) is 30.8. The van der Waals surface area contributed by atoms with Crippen LogP contribution in [-0.4, -0.2) is 63.7 Å². The van der Waals surface area contributed by atoms with Crippen LogP contribution in [0.15, 0.2) is 97.1 Å². The van der Waals surface area contributed by atoms with E-state index in [0.717, 1.165) is 46.3 Å². The zero-order valence-corrected chi connectivity index (χ0v) is 25.8. The van der Waals surface area contributed by atoms with Crippen LogP contribution in [0.5, 0.6) is 0 Å². The lowest BCUT2D eigenvalue weighted by atomic mass is 9.90. The van der Waals surface area contributed by atoms with Crippen LogP contribution in [-0.2, 0) is 22.6 Å². The maximum atomic E-state index is 13.0. The number of fused-ring (bicyclic) bond motifs is 1. The molecule has 46 heavy (non-hydrogen) atoms. The van der Waals surface area contributed by atoms with E-state index in [1.807, 2.05) is 66.7 Å². The summed E-state index contributed by atoms with van der Waals surface area (Å²) in [6.45, 7) is 4.49. The first-order chi connectivity index (χ1) is 22.4. The fourth-order valence-corrected chi connectivity index (χ4v) is 6.84. The van der Waals surface area contributed by atoms with Crippen molar-refractivity contribution in [1.29, 1.82) is 0 Å². The molecule has 0 aliphatic carbocycles. The molecule has 4 aromatic rings. The Bertz CT molecular complexity index is 1700. The number of imide groups is 1. The molecule has 2 saturated heterocycles. The minimum absolute atomic E-state index is 0.0146. The first kappa shape index (κ1) is 30.5. The van der Waals surface area contributed by atoms with Gasteiger partial charge in [-0.3, -0.25) is 19.4 Å². The van der Waals surface area contributed by atoms with Gasteiger partial charge in [-0.15, -0.1) is 0 Å². The summed E-state index contributed by atoms with van der Waals surface area (Å²) < 4.78 is 13.4. The van der Waals surface area contributed by atoms with Crippen molar-refractivity contribution in [3.63, 3.8) is 0 Å². The lowest BCUT2D eigenvalue weighted by Crippen LogP contribution is -2.44. The number of amides is 2. The molecule has 3 aliphatic heterocycles. The Kier molecular flexibility index (Phi) is 8.55. The molecule has 2 amide bonds. The van der Waals surface area contributed by atoms with Crippen molar-refractivity contribution < 1.29 is 29.3 Å². The zero-order valence-electron chi connectivity index (χ0n) is 25.8. The van der Waals surface area contributed by atoms with Crippen molar-refractivity contribution in [3.8, 4) is 11.1 Å². The standard InChI is InChI=1S/C38H38N2O6/c1-24-34(22-39-17-16-31(42)21-39)45-38(46-35(24)27-14-12-25(23-41)13-15-27)30-9-5-8-29(19-30)28-7-4-6-26(18-28)20-40-36(43)32-10-2-3-11-33(32)37(40)44/h2-15,18-19,24,31,34-35,38,41-42H,16-17,20-23H2,1H3/t24-,31+,34+,35+,38+/m1/s1. The summed E-state index contributed by atoms with van der Waals surface area (Å²) in [7, 11) is 0. The molecule has 8 nitrogen and oxygen atoms in total. The van der Waals surface area contributed by atoms with Crippen LogP contribution in [0.4, 0.5) is 0 Å². The number of aliphatic hydroxyl groups is 2. The van der Waals surface area contributed by atoms with Crippen molar-refractivity contribution in [2.75, 3.05) is 19.6 Å². The highest BCUT2D eigenvalue weighted by atomic mass is 16.7. The fraction of sp³-hybridized carbons (Fsp3) is 0.316. The van der Waals surface area contributed by atoms with Crippen LogP contribution in [0.2, 0.25) is 0 Å². The number of ether oxygens (including phenoxy) is 2. The molecule has 0 spiro atoms. The van der Waals surface area contributed by atoms with E-state index in [1.165, 1.54) is 4.90 Å². The first-order valence-corrected chi connectivity index (χ1v) is 15.9. The number of hydrogen-bond acceptors (Lipinski definition) is 7. The van der Waals surface area contributed by atoms with E-state index in [4.69, 9.17) is 9.47 Å². The smallest absolute Gasteiger partial charge is 0.261 e. The fourth-order valence-electron chi connectivity index (χ4n) is 6.84. The third kappa shape index (κ3) is 6.02. The monoisotopic (exact) mass is 618 g/mol. The molecule has 7 rings (SSSR count). The number of carbonyl (C=O) groups excluding carboxylic acids is 2. The molecule has 0 aromatic heterocycles. The number of nitrogens with zero attached hydrogens (tertiary/aromatic N) is 2. The third-order valence-electron chi connectivity index (χ3n) is 9.45. The van der Waals surface area contributed by atoms with Gasteiger partial charge in [-0.25, -0.2) is 0 Å². The predicted molar refractivity (Wildman–Crippen MR) is 173 cm³/mol. The Morgan fingerprint density at radius 3 is 2.15 bits per heavy atom. The van der Waals surface area contributed by atoms with E-state index in [1.54, 1.807) is 24.3 Å². The number of rotatable bonds is 8. The van der Waals surface area contributed by atoms with Crippen LogP contribution in [0.1, 0.15) is 68.7 Å². The van der Waals surface area contributed by atoms with Gasteiger partial charge in [0.15, 0.2) is 6.29 Å². The quantitative estimate of drug-likeness (QED) is 0.252. The van der Waals surface area contributed by atoms with Crippen molar-refractivity contribution in [2.45, 2.75) is 51.1 Å². The molecule has 2 fully saturated rings. The molecule has 0 bridgehead atoms. The van der Waals surface area contributed by atoms with Crippen LogP contribution in [0.3, 0.4) is 0 Å². The summed E-state index contributed by atoms with van der Waals surface area (Å²) in [6.07, 6.45) is -0.509. The van der Waals surface area contributed by atoms with E-state index in [0.29, 0.717) is 24.2 Å². The van der Waals surface area contributed by atoms with Gasteiger partial charge >= 0.3 is 0 Å². The zero-order chi connectivity index (χ0) is 31.8. The van der Waals surface area contributed by atoms with Crippen molar-refractivity contribution in [3.05, 3.63) is 130 Å². The second kappa shape index (κ2) is 12.9. The lowest BCUT2D eigenvalue weighted by molar-refractivity contribution is -0.276. The molecular weight excluding hydrogens is 580 g/mol. The van der Waals surface area contributed by atoms with Gasteiger partial charge in [0.25, 0.3) is 11.8 Å². The molecule has 3 heterocycles. The van der Waals surface area contributed by atoms with Crippen LogP contribution < -0.4 is 0 Å². The van der Waals surface area contributed by atoms with Crippen molar-refractivity contribution in [2.24, 2.45) is 5.92 Å². The highest BCUT2D eigenvalue weighted by Crippen LogP contribution is 2.42. The second-order valence-electron chi connectivity index (χ2n) is 12.6. The van der Waals surface area contributed by atoms with Gasteiger partial charge in [-0.05, 0) is 58.5 Å². The van der Waals surface area contributed by atoms with Crippen LogP contribution in [0, 0.1) is 5.92 Å². The molecule has 8 heteroatoms. The summed E-state index contributed by atoms with van der Waals surface area (Å²) in [5.74, 6) is -0.490. The first-order valence-electron chi connectivity index (χ1n) is 15.9. The summed E-state index contributed by atoms with van der Waals surface area (Å²) in [5, 5.41) is 19.7. The number of likely N-dealkylation sites (tertiary alicyclic amines) is 1. The van der Waals surface area contributed by atoms with E-state index >= 15 is 0 Å². The van der Waals surface area contributed by atoms with Crippen molar-refractivity contribution in [1.82, 2.24) is 9.80 Å². The summed E-state index contributed by atoms with van der Waals surface area (Å²) in [4.78, 5) is 29.5. The van der Waals surface area contributed by atoms with E-state index < -0.39 is 6.29 Å². The number of hydrogen-bond donors (Lipinski definition) is 2. The number of carbonyl (C=O) groups is 2. The van der Waals surface area contributed by atoms with E-state index in [-0.39, 0.29) is 49.2 Å². The molecule has 4 aromatic carbocycles. The third-order valence-corrected chi connectivity index (χ3v) is 9.45. The van der Waals surface area contributed by atoms with Gasteiger partial charge in [0.1, 0.15) is 0 Å². The molecule has 2 N–H and O–H groups in total. The van der Waals surface area contributed by atoms with Gasteiger partial charge in [0.05, 0.1) is 42.6 Å². The maximum absolute atomic E-state index is 13.0. The number of benzene rings is 4. The SMILES string of the molecule is C[C@@H]1[C@H](CN2CC[C@H](O)C2)O[C@H](c2cccc(-c3cccc(CN4C(=O)c5ccccc5C4=O)c3)c2)O[C@@H]1c1ccc(CO)cc1. The van der Waals surface area contributed by atoms with Crippen LogP contribution in [0.25, 0.3) is 11.1 Å².